The van der Waals surface area contributed by atoms with Gasteiger partial charge in [0.05, 0.1) is 18.5 Å². The number of aromatic nitrogens is 2. The maximum atomic E-state index is 12.8. The third kappa shape index (κ3) is 3.81. The molecule has 0 saturated carbocycles. The second-order valence-electron chi connectivity index (χ2n) is 6.79. The lowest BCUT2D eigenvalue weighted by Crippen LogP contribution is -2.32. The average molecular weight is 389 g/mol. The Morgan fingerprint density at radius 3 is 2.93 bits per heavy atom. The van der Waals surface area contributed by atoms with E-state index in [0.29, 0.717) is 19.5 Å². The molecule has 0 spiro atoms. The number of aromatic amines is 1. The number of benzene rings is 1. The number of halogens is 3. The fourth-order valence-electron chi connectivity index (χ4n) is 3.42. The zero-order valence-corrected chi connectivity index (χ0v) is 14.9. The van der Waals surface area contributed by atoms with Gasteiger partial charge in [-0.2, -0.15) is 13.2 Å². The normalized spacial score (nSPS) is 17.2. The first-order chi connectivity index (χ1) is 13.4. The van der Waals surface area contributed by atoms with Crippen molar-refractivity contribution in [2.75, 3.05) is 13.1 Å². The molecule has 2 aromatic heterocycles. The number of para-hydroxylation sites is 1. The highest BCUT2D eigenvalue weighted by Gasteiger charge is 2.32. The standard InChI is InChI=1S/C20H18F3N3O2/c21-20(22,23)14-5-7-24-18(10-14)28-15-6-8-26(12-15)19(27)9-13-11-25-17-4-2-1-3-16(13)17/h1-5,7,10-11,15,25H,6,8-9,12H2. The number of amides is 1. The number of nitrogens with zero attached hydrogens (tertiary/aromatic N) is 2. The van der Waals surface area contributed by atoms with Gasteiger partial charge in [-0.15, -0.1) is 0 Å². The van der Waals surface area contributed by atoms with E-state index in [1.165, 1.54) is 0 Å². The van der Waals surface area contributed by atoms with Gasteiger partial charge < -0.3 is 14.6 Å². The highest BCUT2D eigenvalue weighted by Crippen LogP contribution is 2.31. The number of pyridine rings is 1. The summed E-state index contributed by atoms with van der Waals surface area (Å²) < 4.78 is 44.0. The van der Waals surface area contributed by atoms with Crippen molar-refractivity contribution in [3.05, 3.63) is 59.9 Å². The van der Waals surface area contributed by atoms with Crippen LogP contribution in [0.2, 0.25) is 0 Å². The van der Waals surface area contributed by atoms with Crippen LogP contribution in [-0.4, -0.2) is 40.0 Å². The Kier molecular flexibility index (Phi) is 4.70. The zero-order valence-electron chi connectivity index (χ0n) is 14.9. The van der Waals surface area contributed by atoms with Gasteiger partial charge in [-0.3, -0.25) is 4.79 Å². The number of ether oxygens (including phenoxy) is 1. The summed E-state index contributed by atoms with van der Waals surface area (Å²) in [5.41, 5.74) is 1.09. The van der Waals surface area contributed by atoms with Crippen LogP contribution in [0.15, 0.2) is 48.8 Å². The molecule has 1 atom stereocenters. The van der Waals surface area contributed by atoms with Crippen LogP contribution in [0.1, 0.15) is 17.5 Å². The Morgan fingerprint density at radius 2 is 2.11 bits per heavy atom. The van der Waals surface area contributed by atoms with Gasteiger partial charge in [0.15, 0.2) is 0 Å². The lowest BCUT2D eigenvalue weighted by atomic mass is 10.1. The minimum atomic E-state index is -4.45. The fourth-order valence-corrected chi connectivity index (χ4v) is 3.42. The Labute approximate surface area is 159 Å². The number of H-pyrrole nitrogens is 1. The summed E-state index contributed by atoms with van der Waals surface area (Å²) in [5, 5.41) is 1.01. The number of rotatable bonds is 4. The molecule has 5 nitrogen and oxygen atoms in total. The van der Waals surface area contributed by atoms with Crippen LogP contribution in [0.5, 0.6) is 5.88 Å². The van der Waals surface area contributed by atoms with Gasteiger partial charge in [-0.1, -0.05) is 18.2 Å². The summed E-state index contributed by atoms with van der Waals surface area (Å²) >= 11 is 0. The number of hydrogen-bond donors (Lipinski definition) is 1. The summed E-state index contributed by atoms with van der Waals surface area (Å²) in [7, 11) is 0. The number of carbonyl (C=O) groups is 1. The lowest BCUT2D eigenvalue weighted by molar-refractivity contribution is -0.137. The van der Waals surface area contributed by atoms with Crippen LogP contribution in [-0.2, 0) is 17.4 Å². The summed E-state index contributed by atoms with van der Waals surface area (Å²) in [4.78, 5) is 21.3. The Bertz CT molecular complexity index is 1000. The molecule has 0 bridgehead atoms. The number of hydrogen-bond acceptors (Lipinski definition) is 3. The largest absolute Gasteiger partial charge is 0.472 e. The molecule has 146 valence electrons. The molecule has 1 N–H and O–H groups in total. The first-order valence-corrected chi connectivity index (χ1v) is 8.93. The van der Waals surface area contributed by atoms with Gasteiger partial charge in [-0.25, -0.2) is 4.98 Å². The van der Waals surface area contributed by atoms with Crippen LogP contribution in [0.3, 0.4) is 0 Å². The molecule has 1 amide bonds. The van der Waals surface area contributed by atoms with Crippen molar-refractivity contribution < 1.29 is 22.7 Å². The molecular formula is C20H18F3N3O2. The topological polar surface area (TPSA) is 58.2 Å². The first-order valence-electron chi connectivity index (χ1n) is 8.93. The van der Waals surface area contributed by atoms with E-state index < -0.39 is 11.7 Å². The monoisotopic (exact) mass is 389 g/mol. The number of fused-ring (bicyclic) bond motifs is 1. The predicted molar refractivity (Wildman–Crippen MR) is 96.9 cm³/mol. The van der Waals surface area contributed by atoms with E-state index in [-0.39, 0.29) is 24.3 Å². The molecule has 3 aromatic rings. The van der Waals surface area contributed by atoms with Gasteiger partial charge >= 0.3 is 6.18 Å². The maximum absolute atomic E-state index is 12.8. The first kappa shape index (κ1) is 18.3. The van der Waals surface area contributed by atoms with E-state index in [1.54, 1.807) is 4.90 Å². The minimum Gasteiger partial charge on any atom is -0.472 e. The molecule has 1 aliphatic rings. The Morgan fingerprint density at radius 1 is 1.29 bits per heavy atom. The minimum absolute atomic E-state index is 0.0344. The average Bonchev–Trinajstić information content (AvgIpc) is 3.29. The van der Waals surface area contributed by atoms with Gasteiger partial charge in [0.1, 0.15) is 6.10 Å². The van der Waals surface area contributed by atoms with E-state index in [4.69, 9.17) is 4.74 Å². The van der Waals surface area contributed by atoms with Crippen LogP contribution in [0, 0.1) is 0 Å². The molecule has 28 heavy (non-hydrogen) atoms. The van der Waals surface area contributed by atoms with Gasteiger partial charge in [0, 0.05) is 42.3 Å². The van der Waals surface area contributed by atoms with Crippen molar-refractivity contribution >= 4 is 16.8 Å². The van der Waals surface area contributed by atoms with E-state index in [1.807, 2.05) is 30.5 Å². The third-order valence-corrected chi connectivity index (χ3v) is 4.86. The van der Waals surface area contributed by atoms with Crippen molar-refractivity contribution in [1.82, 2.24) is 14.9 Å². The van der Waals surface area contributed by atoms with E-state index in [9.17, 15) is 18.0 Å². The lowest BCUT2D eigenvalue weighted by Gasteiger charge is -2.17. The fraction of sp³-hybridized carbons (Fsp3) is 0.300. The molecule has 1 aliphatic heterocycles. The Hall–Kier alpha value is -3.03. The van der Waals surface area contributed by atoms with Crippen LogP contribution in [0.25, 0.3) is 10.9 Å². The van der Waals surface area contributed by atoms with Gasteiger partial charge in [0.25, 0.3) is 0 Å². The van der Waals surface area contributed by atoms with E-state index in [2.05, 4.69) is 9.97 Å². The molecular weight excluding hydrogens is 371 g/mol. The second kappa shape index (κ2) is 7.18. The molecule has 1 fully saturated rings. The van der Waals surface area contributed by atoms with Gasteiger partial charge in [0.2, 0.25) is 11.8 Å². The van der Waals surface area contributed by atoms with Gasteiger partial charge in [-0.05, 0) is 17.7 Å². The summed E-state index contributed by atoms with van der Waals surface area (Å²) in [6, 6.07) is 9.55. The van der Waals surface area contributed by atoms with Crippen molar-refractivity contribution in [2.24, 2.45) is 0 Å². The SMILES string of the molecule is O=C(Cc1c[nH]c2ccccc12)N1CCC(Oc2cc(C(F)(F)F)ccn2)C1. The molecule has 1 aromatic carbocycles. The maximum Gasteiger partial charge on any atom is 0.416 e. The summed E-state index contributed by atoms with van der Waals surface area (Å²) in [6.45, 7) is 0.837. The van der Waals surface area contributed by atoms with Crippen LogP contribution < -0.4 is 4.74 Å². The number of carbonyl (C=O) groups excluding carboxylic acids is 1. The molecule has 1 unspecified atom stereocenters. The van der Waals surface area contributed by atoms with Crippen molar-refractivity contribution in [1.29, 1.82) is 0 Å². The van der Waals surface area contributed by atoms with Crippen molar-refractivity contribution in [3.63, 3.8) is 0 Å². The molecule has 0 aliphatic carbocycles. The summed E-state index contributed by atoms with van der Waals surface area (Å²) in [5.74, 6) is -0.112. The van der Waals surface area contributed by atoms with Crippen LogP contribution in [0.4, 0.5) is 13.2 Å². The molecule has 1 saturated heterocycles. The number of alkyl halides is 3. The Balaban J connectivity index is 1.38. The smallest absolute Gasteiger partial charge is 0.416 e. The molecule has 4 rings (SSSR count). The van der Waals surface area contributed by atoms with Crippen molar-refractivity contribution in [2.45, 2.75) is 25.1 Å². The quantitative estimate of drug-likeness (QED) is 0.738. The molecule has 8 heteroatoms. The second-order valence-corrected chi connectivity index (χ2v) is 6.79. The summed E-state index contributed by atoms with van der Waals surface area (Å²) in [6.07, 6.45) is -1.09. The molecule has 0 radical (unpaired) electrons. The van der Waals surface area contributed by atoms with Crippen LogP contribution >= 0.6 is 0 Å². The zero-order chi connectivity index (χ0) is 19.7. The van der Waals surface area contributed by atoms with Crippen molar-refractivity contribution in [3.8, 4) is 5.88 Å². The van der Waals surface area contributed by atoms with E-state index >= 15 is 0 Å². The van der Waals surface area contributed by atoms with E-state index in [0.717, 1.165) is 34.8 Å². The number of likely N-dealkylation sites (tertiary alicyclic amines) is 1. The number of nitrogens with one attached hydrogen (secondary N) is 1. The molecule has 3 heterocycles. The highest BCUT2D eigenvalue weighted by atomic mass is 19.4. The highest BCUT2D eigenvalue weighted by molar-refractivity contribution is 5.89. The predicted octanol–water partition coefficient (Wildman–Crippen LogP) is 3.80. The third-order valence-electron chi connectivity index (χ3n) is 4.86.